The van der Waals surface area contributed by atoms with Crippen LogP contribution in [-0.4, -0.2) is 26.2 Å². The lowest BCUT2D eigenvalue weighted by Gasteiger charge is -2.24. The summed E-state index contributed by atoms with van der Waals surface area (Å²) >= 11 is 0. The molecule has 1 fully saturated rings. The van der Waals surface area contributed by atoms with Crippen LogP contribution in [0, 0.1) is 0 Å². The Morgan fingerprint density at radius 2 is 1.88 bits per heavy atom. The first-order valence-electron chi connectivity index (χ1n) is 5.24. The van der Waals surface area contributed by atoms with Gasteiger partial charge in [-0.25, -0.2) is 0 Å². The van der Waals surface area contributed by atoms with Gasteiger partial charge in [-0.1, -0.05) is 12.1 Å². The second-order valence-electron chi connectivity index (χ2n) is 3.66. The zero-order valence-electron chi connectivity index (χ0n) is 9.16. The quantitative estimate of drug-likeness (QED) is 0.875. The first-order chi connectivity index (χ1) is 7.75. The van der Waals surface area contributed by atoms with E-state index in [9.17, 15) is 8.78 Å². The molecule has 17 heavy (non-hydrogen) atoms. The van der Waals surface area contributed by atoms with Crippen molar-refractivity contribution in [2.45, 2.75) is 12.7 Å². The molecule has 1 heterocycles. The molecular weight excluding hydrogens is 250 g/mol. The minimum absolute atomic E-state index is 0. The highest BCUT2D eigenvalue weighted by Crippen LogP contribution is 2.19. The van der Waals surface area contributed by atoms with Crippen LogP contribution in [0.25, 0.3) is 0 Å². The smallest absolute Gasteiger partial charge is 0.387 e. The molecule has 3 nitrogen and oxygen atoms in total. The summed E-state index contributed by atoms with van der Waals surface area (Å²) in [4.78, 5) is 0. The van der Waals surface area contributed by atoms with E-state index in [1.165, 1.54) is 0 Å². The van der Waals surface area contributed by atoms with E-state index in [1.807, 2.05) is 12.1 Å². The molecule has 0 aliphatic carbocycles. The lowest BCUT2D eigenvalue weighted by Crippen LogP contribution is -2.42. The Balaban J connectivity index is 0.00000144. The summed E-state index contributed by atoms with van der Waals surface area (Å²) < 4.78 is 28.1. The average molecular weight is 265 g/mol. The average Bonchev–Trinajstić information content (AvgIpc) is 2.30. The van der Waals surface area contributed by atoms with Crippen molar-refractivity contribution in [3.63, 3.8) is 0 Å². The maximum absolute atomic E-state index is 11.9. The molecule has 2 N–H and O–H groups in total. The first kappa shape index (κ1) is 14.2. The van der Waals surface area contributed by atoms with Crippen LogP contribution in [0.5, 0.6) is 5.75 Å². The van der Waals surface area contributed by atoms with Gasteiger partial charge >= 0.3 is 6.61 Å². The number of piperazine rings is 1. The minimum atomic E-state index is -2.76. The first-order valence-corrected chi connectivity index (χ1v) is 5.24. The summed E-state index contributed by atoms with van der Waals surface area (Å²) in [7, 11) is 0. The number of hydrogen-bond donors (Lipinski definition) is 2. The topological polar surface area (TPSA) is 33.3 Å². The van der Waals surface area contributed by atoms with Crippen LogP contribution >= 0.6 is 12.4 Å². The molecule has 1 aliphatic heterocycles. The number of hydrogen-bond acceptors (Lipinski definition) is 3. The fourth-order valence-electron chi connectivity index (χ4n) is 1.77. The molecule has 0 radical (unpaired) electrons. The van der Waals surface area contributed by atoms with Gasteiger partial charge in [0.25, 0.3) is 0 Å². The van der Waals surface area contributed by atoms with Crippen molar-refractivity contribution in [3.05, 3.63) is 29.8 Å². The lowest BCUT2D eigenvalue weighted by atomic mass is 10.1. The van der Waals surface area contributed by atoms with Gasteiger partial charge in [0.15, 0.2) is 0 Å². The van der Waals surface area contributed by atoms with Gasteiger partial charge in [-0.15, -0.1) is 12.4 Å². The molecule has 1 aliphatic rings. The lowest BCUT2D eigenvalue weighted by molar-refractivity contribution is -0.0498. The molecular formula is C11H15ClF2N2O. The summed E-state index contributed by atoms with van der Waals surface area (Å²) in [6.45, 7) is -0.0294. The van der Waals surface area contributed by atoms with Crippen LogP contribution < -0.4 is 15.4 Å². The second kappa shape index (κ2) is 6.74. The van der Waals surface area contributed by atoms with Gasteiger partial charge in [0.2, 0.25) is 0 Å². The van der Waals surface area contributed by atoms with Gasteiger partial charge in [-0.2, -0.15) is 8.78 Å². The van der Waals surface area contributed by atoms with Crippen LogP contribution in [0.1, 0.15) is 11.6 Å². The Morgan fingerprint density at radius 1 is 1.18 bits per heavy atom. The number of ether oxygens (including phenoxy) is 1. The molecule has 0 bridgehead atoms. The molecule has 1 saturated heterocycles. The summed E-state index contributed by atoms with van der Waals surface area (Å²) in [6.07, 6.45) is 0. The molecule has 0 aromatic heterocycles. The van der Waals surface area contributed by atoms with E-state index < -0.39 is 6.61 Å². The highest BCUT2D eigenvalue weighted by molar-refractivity contribution is 5.85. The fraction of sp³-hybridized carbons (Fsp3) is 0.455. The van der Waals surface area contributed by atoms with Crippen molar-refractivity contribution in [1.29, 1.82) is 0 Å². The molecule has 1 atom stereocenters. The second-order valence-corrected chi connectivity index (χ2v) is 3.66. The van der Waals surface area contributed by atoms with Crippen molar-refractivity contribution >= 4 is 12.4 Å². The van der Waals surface area contributed by atoms with Gasteiger partial charge in [-0.05, 0) is 17.7 Å². The molecule has 1 aromatic carbocycles. The van der Waals surface area contributed by atoms with Gasteiger partial charge in [-0.3, -0.25) is 0 Å². The molecule has 1 aromatic rings. The zero-order chi connectivity index (χ0) is 11.4. The molecule has 6 heteroatoms. The van der Waals surface area contributed by atoms with Crippen LogP contribution in [0.4, 0.5) is 8.78 Å². The molecule has 0 saturated carbocycles. The Hall–Kier alpha value is -0.910. The number of alkyl halides is 2. The Labute approximate surface area is 105 Å². The fourth-order valence-corrected chi connectivity index (χ4v) is 1.77. The van der Waals surface area contributed by atoms with E-state index in [2.05, 4.69) is 15.4 Å². The third kappa shape index (κ3) is 4.11. The largest absolute Gasteiger partial charge is 0.435 e. The summed E-state index contributed by atoms with van der Waals surface area (Å²) in [5, 5.41) is 6.61. The number of halogens is 3. The third-order valence-electron chi connectivity index (χ3n) is 2.55. The summed E-state index contributed by atoms with van der Waals surface area (Å²) in [6, 6.07) is 7.00. The highest BCUT2D eigenvalue weighted by Gasteiger charge is 2.14. The molecule has 0 unspecified atom stereocenters. The van der Waals surface area contributed by atoms with E-state index in [-0.39, 0.29) is 24.2 Å². The minimum Gasteiger partial charge on any atom is -0.435 e. The zero-order valence-corrected chi connectivity index (χ0v) is 9.97. The molecule has 96 valence electrons. The SMILES string of the molecule is Cl.FC(F)Oc1ccc([C@H]2CNCCN2)cc1. The standard InChI is InChI=1S/C11H14F2N2O.ClH/c12-11(13)16-9-3-1-8(2-4-9)10-7-14-5-6-15-10;/h1-4,10-11,14-15H,5-7H2;1H/t10-;/m1./s1. The Bertz CT molecular complexity index is 329. The van der Waals surface area contributed by atoms with E-state index >= 15 is 0 Å². The predicted octanol–water partition coefficient (Wildman–Crippen LogP) is 1.94. The summed E-state index contributed by atoms with van der Waals surface area (Å²) in [5.74, 6) is 0.197. The van der Waals surface area contributed by atoms with E-state index in [0.717, 1.165) is 25.2 Å². The number of rotatable bonds is 3. The van der Waals surface area contributed by atoms with Gasteiger partial charge in [0, 0.05) is 25.7 Å². The van der Waals surface area contributed by atoms with Gasteiger partial charge < -0.3 is 15.4 Å². The highest BCUT2D eigenvalue weighted by atomic mass is 35.5. The normalized spacial score (nSPS) is 19.8. The van der Waals surface area contributed by atoms with Crippen LogP contribution in [-0.2, 0) is 0 Å². The Kier molecular flexibility index (Phi) is 5.61. The van der Waals surface area contributed by atoms with Gasteiger partial charge in [0.1, 0.15) is 5.75 Å². The van der Waals surface area contributed by atoms with Crippen LogP contribution in [0.3, 0.4) is 0 Å². The van der Waals surface area contributed by atoms with Crippen LogP contribution in [0.2, 0.25) is 0 Å². The van der Waals surface area contributed by atoms with Gasteiger partial charge in [0.05, 0.1) is 0 Å². The number of nitrogens with one attached hydrogen (secondary N) is 2. The molecule has 0 spiro atoms. The van der Waals surface area contributed by atoms with Crippen molar-refractivity contribution in [1.82, 2.24) is 10.6 Å². The van der Waals surface area contributed by atoms with Crippen molar-refractivity contribution in [3.8, 4) is 5.75 Å². The maximum atomic E-state index is 11.9. The van der Waals surface area contributed by atoms with E-state index in [0.29, 0.717) is 0 Å². The van der Waals surface area contributed by atoms with Crippen molar-refractivity contribution in [2.24, 2.45) is 0 Å². The molecule has 2 rings (SSSR count). The predicted molar refractivity (Wildman–Crippen MR) is 63.9 cm³/mol. The van der Waals surface area contributed by atoms with E-state index in [1.54, 1.807) is 12.1 Å². The summed E-state index contributed by atoms with van der Waals surface area (Å²) in [5.41, 5.74) is 1.08. The van der Waals surface area contributed by atoms with Crippen molar-refractivity contribution in [2.75, 3.05) is 19.6 Å². The van der Waals surface area contributed by atoms with Crippen LogP contribution in [0.15, 0.2) is 24.3 Å². The van der Waals surface area contributed by atoms with Crippen molar-refractivity contribution < 1.29 is 13.5 Å². The van der Waals surface area contributed by atoms with E-state index in [4.69, 9.17) is 0 Å². The third-order valence-corrected chi connectivity index (χ3v) is 2.55. The Morgan fingerprint density at radius 3 is 2.41 bits per heavy atom. The number of benzene rings is 1. The maximum Gasteiger partial charge on any atom is 0.387 e. The molecule has 0 amide bonds. The monoisotopic (exact) mass is 264 g/mol.